The lowest BCUT2D eigenvalue weighted by Gasteiger charge is -1.95. The van der Waals surface area contributed by atoms with Crippen molar-refractivity contribution in [3.8, 4) is 0 Å². The zero-order valence-electron chi connectivity index (χ0n) is 39.1. The summed E-state index contributed by atoms with van der Waals surface area (Å²) in [4.78, 5) is 21.1. The molecule has 5 aromatic carbocycles. The molecular weight excluding hydrogens is 951 g/mol. The second-order valence-corrected chi connectivity index (χ2v) is 22.5. The third-order valence-electron chi connectivity index (χ3n) is 12.3. The summed E-state index contributed by atoms with van der Waals surface area (Å²) in [5.74, 6) is 0. The Morgan fingerprint density at radius 1 is 0.314 bits per heavy atom. The summed E-state index contributed by atoms with van der Waals surface area (Å²) in [6.45, 7) is 10.5. The zero-order valence-corrected chi connectivity index (χ0v) is 43.2. The molecule has 0 aliphatic rings. The fraction of sp³-hybridized carbons (Fsp3) is 0.0833. The molecule has 0 aliphatic heterocycles. The van der Waals surface area contributed by atoms with Crippen molar-refractivity contribution < 1.29 is 0 Å². The van der Waals surface area contributed by atoms with E-state index in [4.69, 9.17) is 0 Å². The molecule has 10 aromatic heterocycles. The van der Waals surface area contributed by atoms with Crippen molar-refractivity contribution in [2.45, 2.75) is 34.6 Å². The van der Waals surface area contributed by atoms with Crippen molar-refractivity contribution in [3.05, 3.63) is 211 Å². The van der Waals surface area contributed by atoms with Crippen molar-refractivity contribution in [2.24, 2.45) is 0 Å². The van der Waals surface area contributed by atoms with Gasteiger partial charge >= 0.3 is 0 Å². The Labute approximate surface area is 425 Å². The average molecular weight is 996 g/mol. The molecule has 15 rings (SSSR count). The first-order chi connectivity index (χ1) is 34.3. The summed E-state index contributed by atoms with van der Waals surface area (Å²) in [7, 11) is 0. The van der Waals surface area contributed by atoms with Crippen LogP contribution in [0.3, 0.4) is 0 Å². The van der Waals surface area contributed by atoms with Gasteiger partial charge in [0.2, 0.25) is 0 Å². The fourth-order valence-corrected chi connectivity index (χ4v) is 14.5. The molecule has 340 valence electrons. The van der Waals surface area contributed by atoms with Crippen LogP contribution in [0.2, 0.25) is 0 Å². The third-order valence-corrected chi connectivity index (χ3v) is 18.0. The SMILES string of the molecule is Cc1cc2c(cn1)sc1ccccc12.Cc1ccc2sc3cnccc3c2c1.Cc1cccc2sc3cnccc3c12.Cc1cncc2sc3ccccc3c12.Cc1nccc2c1sc1ccccc12. The van der Waals surface area contributed by atoms with Gasteiger partial charge in [0.05, 0.1) is 29.2 Å². The van der Waals surface area contributed by atoms with Crippen LogP contribution in [0, 0.1) is 34.6 Å². The largest absolute Gasteiger partial charge is 0.263 e. The molecule has 0 amide bonds. The average Bonchev–Trinajstić information content (AvgIpc) is 4.22. The van der Waals surface area contributed by atoms with Crippen LogP contribution in [-0.2, 0) is 0 Å². The summed E-state index contributed by atoms with van der Waals surface area (Å²) in [6.07, 6.45) is 15.3. The van der Waals surface area contributed by atoms with E-state index < -0.39 is 0 Å². The smallest absolute Gasteiger partial charge is 0.0568 e. The number of aryl methyl sites for hydroxylation is 5. The molecule has 10 heterocycles. The molecule has 0 fully saturated rings. The molecule has 15 aromatic rings. The van der Waals surface area contributed by atoms with Crippen LogP contribution in [0.5, 0.6) is 0 Å². The van der Waals surface area contributed by atoms with Gasteiger partial charge in [-0.25, -0.2) is 0 Å². The number of nitrogens with zero attached hydrogens (tertiary/aromatic N) is 5. The van der Waals surface area contributed by atoms with Crippen LogP contribution in [0.25, 0.3) is 101 Å². The number of rotatable bonds is 0. The number of pyridine rings is 5. The molecule has 0 spiro atoms. The molecule has 5 nitrogen and oxygen atoms in total. The quantitative estimate of drug-likeness (QED) is 0.151. The third kappa shape index (κ3) is 9.01. The lowest BCUT2D eigenvalue weighted by molar-refractivity contribution is 1.23. The van der Waals surface area contributed by atoms with Crippen LogP contribution in [-0.4, -0.2) is 24.9 Å². The maximum atomic E-state index is 4.31. The summed E-state index contributed by atoms with van der Waals surface area (Å²) >= 11 is 9.07. The Morgan fingerprint density at radius 2 is 0.829 bits per heavy atom. The van der Waals surface area contributed by atoms with Crippen LogP contribution in [0.1, 0.15) is 28.1 Å². The van der Waals surface area contributed by atoms with Gasteiger partial charge in [0.25, 0.3) is 0 Å². The first-order valence-corrected chi connectivity index (χ1v) is 27.0. The number of hydrogen-bond donors (Lipinski definition) is 0. The molecule has 0 saturated heterocycles. The van der Waals surface area contributed by atoms with Gasteiger partial charge in [-0.1, -0.05) is 78.4 Å². The van der Waals surface area contributed by atoms with Crippen molar-refractivity contribution in [3.63, 3.8) is 0 Å². The lowest BCUT2D eigenvalue weighted by Crippen LogP contribution is -1.76. The number of thiophene rings is 5. The predicted octanol–water partition coefficient (Wildman–Crippen LogP) is 18.8. The Morgan fingerprint density at radius 3 is 1.60 bits per heavy atom. The second kappa shape index (κ2) is 19.7. The molecular formula is C60H45N5S5. The molecule has 0 N–H and O–H groups in total. The lowest BCUT2D eigenvalue weighted by atomic mass is 10.1. The van der Waals surface area contributed by atoms with E-state index in [9.17, 15) is 0 Å². The van der Waals surface area contributed by atoms with Crippen molar-refractivity contribution in [1.29, 1.82) is 0 Å². The maximum Gasteiger partial charge on any atom is 0.0568 e. The van der Waals surface area contributed by atoms with Crippen molar-refractivity contribution in [1.82, 2.24) is 24.9 Å². The summed E-state index contributed by atoms with van der Waals surface area (Å²) in [5, 5.41) is 13.5. The predicted molar refractivity (Wildman–Crippen MR) is 309 cm³/mol. The summed E-state index contributed by atoms with van der Waals surface area (Å²) < 4.78 is 13.2. The first-order valence-electron chi connectivity index (χ1n) is 22.9. The van der Waals surface area contributed by atoms with Gasteiger partial charge < -0.3 is 0 Å². The number of hydrogen-bond acceptors (Lipinski definition) is 10. The van der Waals surface area contributed by atoms with Gasteiger partial charge in [0.15, 0.2) is 0 Å². The Bertz CT molecular complexity index is 4100. The van der Waals surface area contributed by atoms with Crippen LogP contribution in [0.4, 0.5) is 0 Å². The minimum Gasteiger partial charge on any atom is -0.263 e. The van der Waals surface area contributed by atoms with Gasteiger partial charge in [0.1, 0.15) is 0 Å². The Kier molecular flexibility index (Phi) is 12.8. The normalized spacial score (nSPS) is 11.2. The highest BCUT2D eigenvalue weighted by atomic mass is 32.1. The number of benzene rings is 5. The minimum atomic E-state index is 1.08. The van der Waals surface area contributed by atoms with Gasteiger partial charge in [0, 0.05) is 133 Å². The van der Waals surface area contributed by atoms with E-state index >= 15 is 0 Å². The monoisotopic (exact) mass is 995 g/mol. The number of aromatic nitrogens is 5. The molecule has 70 heavy (non-hydrogen) atoms. The van der Waals surface area contributed by atoms with Crippen LogP contribution in [0.15, 0.2) is 183 Å². The molecule has 0 unspecified atom stereocenters. The van der Waals surface area contributed by atoms with Crippen molar-refractivity contribution >= 4 is 158 Å². The Hall–Kier alpha value is -7.05. The fourth-order valence-electron chi connectivity index (χ4n) is 8.96. The van der Waals surface area contributed by atoms with E-state index in [-0.39, 0.29) is 0 Å². The van der Waals surface area contributed by atoms with E-state index in [1.54, 1.807) is 0 Å². The highest BCUT2D eigenvalue weighted by Crippen LogP contribution is 2.38. The van der Waals surface area contributed by atoms with Gasteiger partial charge in [-0.2, -0.15) is 0 Å². The molecule has 0 radical (unpaired) electrons. The summed E-state index contributed by atoms with van der Waals surface area (Å²) in [6, 6.07) is 47.0. The molecule has 10 heteroatoms. The number of fused-ring (bicyclic) bond motifs is 15. The highest BCUT2D eigenvalue weighted by molar-refractivity contribution is 7.27. The Balaban J connectivity index is 0.0000000952. The molecule has 0 bridgehead atoms. The maximum absolute atomic E-state index is 4.31. The van der Waals surface area contributed by atoms with E-state index in [2.05, 4.69) is 186 Å². The zero-order chi connectivity index (χ0) is 47.7. The molecule has 0 aliphatic carbocycles. The molecule has 0 saturated carbocycles. The van der Waals surface area contributed by atoms with Crippen LogP contribution < -0.4 is 0 Å². The van der Waals surface area contributed by atoms with E-state index in [1.165, 1.54) is 118 Å². The van der Waals surface area contributed by atoms with E-state index in [1.807, 2.05) is 113 Å². The molecule has 0 atom stereocenters. The topological polar surface area (TPSA) is 64.5 Å². The van der Waals surface area contributed by atoms with E-state index in [0.29, 0.717) is 0 Å². The highest BCUT2D eigenvalue weighted by Gasteiger charge is 2.09. The van der Waals surface area contributed by atoms with Crippen LogP contribution >= 0.6 is 56.7 Å². The first kappa shape index (κ1) is 45.4. The minimum absolute atomic E-state index is 1.08. The second-order valence-electron chi connectivity index (χ2n) is 17.1. The van der Waals surface area contributed by atoms with Gasteiger partial charge in [-0.15, -0.1) is 56.7 Å². The summed E-state index contributed by atoms with van der Waals surface area (Å²) in [5.41, 5.74) is 6.14. The van der Waals surface area contributed by atoms with E-state index in [0.717, 1.165) is 11.4 Å². The van der Waals surface area contributed by atoms with Gasteiger partial charge in [-0.05, 0) is 106 Å². The van der Waals surface area contributed by atoms with Crippen molar-refractivity contribution in [2.75, 3.05) is 0 Å². The van der Waals surface area contributed by atoms with Gasteiger partial charge in [-0.3, -0.25) is 24.9 Å². The standard InChI is InChI=1S/5C12H9NS/c1-8-2-3-11-10(6-8)9-4-5-13-7-12(9)14-11;1-8-3-2-4-10-12(8)9-5-6-13-7-11(9)14-10;1-8-6-10-9-4-2-3-5-11(9)14-12(10)7-13-8;1-8-6-13-7-11-12(8)9-4-2-3-5-10(9)14-11;1-8-12-10(6-7-13-8)9-4-2-3-5-11(9)14-12/h5*2-7H,1H3.